The molecule has 116 valence electrons. The molecule has 0 amide bonds. The molecule has 1 fully saturated rings. The summed E-state index contributed by atoms with van der Waals surface area (Å²) in [7, 11) is 0. The van der Waals surface area contributed by atoms with Crippen LogP contribution in [0.3, 0.4) is 0 Å². The van der Waals surface area contributed by atoms with Crippen molar-refractivity contribution in [1.82, 2.24) is 0 Å². The Bertz CT molecular complexity index is 455. The van der Waals surface area contributed by atoms with Crippen LogP contribution >= 0.6 is 0 Å². The number of rotatable bonds is 5. The van der Waals surface area contributed by atoms with Crippen molar-refractivity contribution in [2.75, 3.05) is 13.2 Å². The standard InChI is InChI=1S/C17H24O4/c1-3-11-17(19)15(16(18)20-4-2)14(10-12-21-17)13-8-6-5-7-9-13/h5-9,14-15,19H,3-4,10-12H2,1-2H3. The van der Waals surface area contributed by atoms with E-state index >= 15 is 0 Å². The third-order valence-electron chi connectivity index (χ3n) is 4.05. The van der Waals surface area contributed by atoms with Crippen molar-refractivity contribution in [3.63, 3.8) is 0 Å². The SMILES string of the molecule is CCCC1(O)OCCC(c2ccccc2)C1C(=O)OCC. The second-order valence-electron chi connectivity index (χ2n) is 5.48. The van der Waals surface area contributed by atoms with Crippen LogP contribution < -0.4 is 0 Å². The van der Waals surface area contributed by atoms with E-state index < -0.39 is 11.7 Å². The van der Waals surface area contributed by atoms with Gasteiger partial charge in [0.2, 0.25) is 0 Å². The van der Waals surface area contributed by atoms with Crippen LogP contribution in [0.5, 0.6) is 0 Å². The zero-order valence-electron chi connectivity index (χ0n) is 12.7. The molecule has 1 aromatic rings. The first-order valence-corrected chi connectivity index (χ1v) is 7.70. The Hall–Kier alpha value is -1.39. The Morgan fingerprint density at radius 1 is 1.38 bits per heavy atom. The largest absolute Gasteiger partial charge is 0.466 e. The molecule has 1 saturated heterocycles. The smallest absolute Gasteiger partial charge is 0.315 e. The summed E-state index contributed by atoms with van der Waals surface area (Å²) >= 11 is 0. The van der Waals surface area contributed by atoms with E-state index in [0.717, 1.165) is 12.0 Å². The molecule has 4 nitrogen and oxygen atoms in total. The van der Waals surface area contributed by atoms with E-state index in [4.69, 9.17) is 9.47 Å². The maximum Gasteiger partial charge on any atom is 0.315 e. The number of esters is 1. The van der Waals surface area contributed by atoms with Crippen LogP contribution in [0.15, 0.2) is 30.3 Å². The normalized spacial score (nSPS) is 29.1. The summed E-state index contributed by atoms with van der Waals surface area (Å²) in [4.78, 5) is 12.4. The number of aliphatic hydroxyl groups is 1. The first-order chi connectivity index (χ1) is 10.1. The fourth-order valence-electron chi connectivity index (χ4n) is 3.16. The monoisotopic (exact) mass is 292 g/mol. The Labute approximate surface area is 126 Å². The highest BCUT2D eigenvalue weighted by Gasteiger charge is 2.50. The zero-order valence-corrected chi connectivity index (χ0v) is 12.7. The van der Waals surface area contributed by atoms with Crippen molar-refractivity contribution in [3.8, 4) is 0 Å². The van der Waals surface area contributed by atoms with Gasteiger partial charge in [0.05, 0.1) is 13.2 Å². The average Bonchev–Trinajstić information content (AvgIpc) is 2.48. The van der Waals surface area contributed by atoms with Gasteiger partial charge in [-0.15, -0.1) is 0 Å². The molecule has 1 heterocycles. The molecule has 2 rings (SSSR count). The van der Waals surface area contributed by atoms with Gasteiger partial charge in [0.25, 0.3) is 0 Å². The Morgan fingerprint density at radius 3 is 2.71 bits per heavy atom. The lowest BCUT2D eigenvalue weighted by atomic mass is 9.75. The van der Waals surface area contributed by atoms with Crippen LogP contribution in [0.1, 0.15) is 44.6 Å². The van der Waals surface area contributed by atoms with Crippen molar-refractivity contribution in [2.45, 2.75) is 44.8 Å². The molecule has 0 saturated carbocycles. The predicted molar refractivity (Wildman–Crippen MR) is 79.7 cm³/mol. The second kappa shape index (κ2) is 7.05. The van der Waals surface area contributed by atoms with E-state index in [0.29, 0.717) is 26.1 Å². The summed E-state index contributed by atoms with van der Waals surface area (Å²) < 4.78 is 10.8. The quantitative estimate of drug-likeness (QED) is 0.848. The summed E-state index contributed by atoms with van der Waals surface area (Å²) in [5.74, 6) is -2.55. The number of hydrogen-bond donors (Lipinski definition) is 1. The predicted octanol–water partition coefficient (Wildman–Crippen LogP) is 2.86. The fourth-order valence-corrected chi connectivity index (χ4v) is 3.16. The van der Waals surface area contributed by atoms with Crippen molar-refractivity contribution in [3.05, 3.63) is 35.9 Å². The van der Waals surface area contributed by atoms with Gasteiger partial charge in [0, 0.05) is 12.3 Å². The van der Waals surface area contributed by atoms with E-state index in [-0.39, 0.29) is 11.9 Å². The highest BCUT2D eigenvalue weighted by Crippen LogP contribution is 2.43. The number of ether oxygens (including phenoxy) is 2. The lowest BCUT2D eigenvalue weighted by Gasteiger charge is -2.43. The molecule has 3 atom stereocenters. The minimum atomic E-state index is -1.43. The van der Waals surface area contributed by atoms with E-state index in [2.05, 4.69) is 0 Å². The van der Waals surface area contributed by atoms with E-state index in [1.165, 1.54) is 0 Å². The molecular formula is C17H24O4. The average molecular weight is 292 g/mol. The lowest BCUT2D eigenvalue weighted by Crippen LogP contribution is -2.52. The minimum Gasteiger partial charge on any atom is -0.466 e. The molecule has 21 heavy (non-hydrogen) atoms. The van der Waals surface area contributed by atoms with Gasteiger partial charge in [-0.2, -0.15) is 0 Å². The Balaban J connectivity index is 2.35. The van der Waals surface area contributed by atoms with Gasteiger partial charge >= 0.3 is 5.97 Å². The summed E-state index contributed by atoms with van der Waals surface area (Å²) in [5.41, 5.74) is 1.05. The van der Waals surface area contributed by atoms with Crippen LogP contribution in [0, 0.1) is 5.92 Å². The van der Waals surface area contributed by atoms with Gasteiger partial charge in [-0.05, 0) is 18.9 Å². The van der Waals surface area contributed by atoms with Gasteiger partial charge in [0.1, 0.15) is 5.92 Å². The first kappa shape index (κ1) is 16.0. The highest BCUT2D eigenvalue weighted by molar-refractivity contribution is 5.75. The number of benzene rings is 1. The molecule has 0 radical (unpaired) electrons. The summed E-state index contributed by atoms with van der Waals surface area (Å²) in [5, 5.41) is 10.8. The van der Waals surface area contributed by atoms with Crippen molar-refractivity contribution in [2.24, 2.45) is 5.92 Å². The zero-order chi connectivity index (χ0) is 15.3. The number of carbonyl (C=O) groups is 1. The molecule has 1 aliphatic rings. The second-order valence-corrected chi connectivity index (χ2v) is 5.48. The molecule has 0 spiro atoms. The third kappa shape index (κ3) is 3.44. The maximum atomic E-state index is 12.4. The molecule has 1 aromatic carbocycles. The van der Waals surface area contributed by atoms with E-state index in [1.54, 1.807) is 6.92 Å². The van der Waals surface area contributed by atoms with Crippen LogP contribution in [0.25, 0.3) is 0 Å². The summed E-state index contributed by atoms with van der Waals surface area (Å²) in [6.07, 6.45) is 1.88. The Kier molecular flexibility index (Phi) is 5.37. The van der Waals surface area contributed by atoms with Gasteiger partial charge in [-0.3, -0.25) is 4.79 Å². The minimum absolute atomic E-state index is 0.0736. The fraction of sp³-hybridized carbons (Fsp3) is 0.588. The first-order valence-electron chi connectivity index (χ1n) is 7.70. The molecule has 3 unspecified atom stereocenters. The van der Waals surface area contributed by atoms with Gasteiger partial charge in [-0.1, -0.05) is 43.7 Å². The molecule has 0 bridgehead atoms. The number of carbonyl (C=O) groups excluding carboxylic acids is 1. The summed E-state index contributed by atoms with van der Waals surface area (Å²) in [6.45, 7) is 4.50. The van der Waals surface area contributed by atoms with Gasteiger partial charge < -0.3 is 14.6 Å². The number of hydrogen-bond acceptors (Lipinski definition) is 4. The molecular weight excluding hydrogens is 268 g/mol. The van der Waals surface area contributed by atoms with Crippen LogP contribution in [-0.2, 0) is 14.3 Å². The molecule has 0 aromatic heterocycles. The summed E-state index contributed by atoms with van der Waals surface area (Å²) in [6, 6.07) is 9.83. The van der Waals surface area contributed by atoms with E-state index in [9.17, 15) is 9.90 Å². The van der Waals surface area contributed by atoms with Crippen molar-refractivity contribution < 1.29 is 19.4 Å². The third-order valence-corrected chi connectivity index (χ3v) is 4.05. The van der Waals surface area contributed by atoms with Crippen molar-refractivity contribution >= 4 is 5.97 Å². The van der Waals surface area contributed by atoms with Crippen molar-refractivity contribution in [1.29, 1.82) is 0 Å². The van der Waals surface area contributed by atoms with Gasteiger partial charge in [-0.25, -0.2) is 0 Å². The Morgan fingerprint density at radius 2 is 2.10 bits per heavy atom. The lowest BCUT2D eigenvalue weighted by molar-refractivity contribution is -0.266. The molecule has 1 N–H and O–H groups in total. The topological polar surface area (TPSA) is 55.8 Å². The van der Waals surface area contributed by atoms with Crippen LogP contribution in [-0.4, -0.2) is 30.1 Å². The molecule has 0 aliphatic carbocycles. The highest BCUT2D eigenvalue weighted by atomic mass is 16.6. The molecule has 1 aliphatic heterocycles. The van der Waals surface area contributed by atoms with Gasteiger partial charge in [0.15, 0.2) is 5.79 Å². The van der Waals surface area contributed by atoms with Crippen LogP contribution in [0.4, 0.5) is 0 Å². The van der Waals surface area contributed by atoms with E-state index in [1.807, 2.05) is 37.3 Å². The van der Waals surface area contributed by atoms with Crippen LogP contribution in [0.2, 0.25) is 0 Å². The maximum absolute atomic E-state index is 12.4. The molecule has 4 heteroatoms.